The summed E-state index contributed by atoms with van der Waals surface area (Å²) in [6, 6.07) is 0.103. The number of esters is 1. The van der Waals surface area contributed by atoms with Crippen LogP contribution >= 0.6 is 0 Å². The second-order valence-corrected chi connectivity index (χ2v) is 3.69. The number of rotatable bonds is 4. The number of likely N-dealkylation sites (N-methyl/N-ethyl adjacent to an activating group) is 1. The molecule has 4 heteroatoms. The number of ether oxygens (including phenoxy) is 2. The monoisotopic (exact) mass is 201 g/mol. The highest BCUT2D eigenvalue weighted by Gasteiger charge is 2.34. The van der Waals surface area contributed by atoms with Crippen LogP contribution in [0, 0.1) is 5.92 Å². The fraction of sp³-hybridized carbons (Fsp3) is 0.900. The minimum absolute atomic E-state index is 0.000561. The second kappa shape index (κ2) is 5.32. The molecule has 1 aliphatic rings. The third kappa shape index (κ3) is 2.69. The van der Waals surface area contributed by atoms with Crippen molar-refractivity contribution in [3.05, 3.63) is 0 Å². The number of carbonyl (C=O) groups is 1. The highest BCUT2D eigenvalue weighted by atomic mass is 16.5. The molecule has 3 atom stereocenters. The van der Waals surface area contributed by atoms with Crippen molar-refractivity contribution in [1.29, 1.82) is 0 Å². The predicted molar refractivity (Wildman–Crippen MR) is 53.0 cm³/mol. The largest absolute Gasteiger partial charge is 0.462 e. The highest BCUT2D eigenvalue weighted by Crippen LogP contribution is 2.16. The molecular weight excluding hydrogens is 182 g/mol. The summed E-state index contributed by atoms with van der Waals surface area (Å²) in [5.41, 5.74) is 0. The summed E-state index contributed by atoms with van der Waals surface area (Å²) in [6.45, 7) is 4.97. The maximum Gasteiger partial charge on any atom is 0.313 e. The van der Waals surface area contributed by atoms with Crippen molar-refractivity contribution in [3.63, 3.8) is 0 Å². The first-order valence-electron chi connectivity index (χ1n) is 5.14. The Labute approximate surface area is 85.0 Å². The third-order valence-corrected chi connectivity index (χ3v) is 2.65. The van der Waals surface area contributed by atoms with Crippen LogP contribution in [0.1, 0.15) is 20.3 Å². The molecule has 0 saturated carbocycles. The normalized spacial score (nSPS) is 28.8. The van der Waals surface area contributed by atoms with Gasteiger partial charge in [-0.25, -0.2) is 0 Å². The van der Waals surface area contributed by atoms with E-state index in [2.05, 4.69) is 5.32 Å². The van der Waals surface area contributed by atoms with Gasteiger partial charge in [0, 0.05) is 6.04 Å². The molecule has 0 bridgehead atoms. The standard InChI is InChI=1S/C10H19NO3/c1-4-7(2)14-10(12)8-5-13-6-9(8)11-3/h7-9,11H,4-6H2,1-3H3. The van der Waals surface area contributed by atoms with E-state index in [1.807, 2.05) is 20.9 Å². The van der Waals surface area contributed by atoms with Gasteiger partial charge in [0.1, 0.15) is 0 Å². The Hall–Kier alpha value is -0.610. The molecule has 1 saturated heterocycles. The molecule has 0 spiro atoms. The zero-order valence-electron chi connectivity index (χ0n) is 9.08. The Balaban J connectivity index is 2.43. The van der Waals surface area contributed by atoms with Crippen LogP contribution < -0.4 is 5.32 Å². The van der Waals surface area contributed by atoms with Crippen molar-refractivity contribution in [2.24, 2.45) is 5.92 Å². The number of carbonyl (C=O) groups excluding carboxylic acids is 1. The van der Waals surface area contributed by atoms with Crippen molar-refractivity contribution >= 4 is 5.97 Å². The van der Waals surface area contributed by atoms with Gasteiger partial charge in [0.2, 0.25) is 0 Å². The van der Waals surface area contributed by atoms with Crippen LogP contribution in [0.2, 0.25) is 0 Å². The van der Waals surface area contributed by atoms with Crippen molar-refractivity contribution in [2.75, 3.05) is 20.3 Å². The van der Waals surface area contributed by atoms with Crippen LogP contribution in [0.4, 0.5) is 0 Å². The van der Waals surface area contributed by atoms with E-state index in [0.717, 1.165) is 6.42 Å². The third-order valence-electron chi connectivity index (χ3n) is 2.65. The van der Waals surface area contributed by atoms with Gasteiger partial charge in [0.25, 0.3) is 0 Å². The van der Waals surface area contributed by atoms with E-state index in [4.69, 9.17) is 9.47 Å². The summed E-state index contributed by atoms with van der Waals surface area (Å²) in [5.74, 6) is -0.287. The molecule has 1 aliphatic heterocycles. The van der Waals surface area contributed by atoms with Crippen molar-refractivity contribution in [2.45, 2.75) is 32.4 Å². The maximum absolute atomic E-state index is 11.6. The molecule has 0 radical (unpaired) electrons. The molecular formula is C10H19NO3. The lowest BCUT2D eigenvalue weighted by Crippen LogP contribution is -2.38. The molecule has 0 aromatic rings. The van der Waals surface area contributed by atoms with Gasteiger partial charge in [-0.3, -0.25) is 4.79 Å². The van der Waals surface area contributed by atoms with Crippen molar-refractivity contribution in [1.82, 2.24) is 5.32 Å². The smallest absolute Gasteiger partial charge is 0.313 e. The van der Waals surface area contributed by atoms with Gasteiger partial charge in [-0.05, 0) is 20.4 Å². The minimum atomic E-state index is -0.144. The van der Waals surface area contributed by atoms with Crippen LogP contribution in [-0.2, 0) is 14.3 Å². The zero-order chi connectivity index (χ0) is 10.6. The van der Waals surface area contributed by atoms with Gasteiger partial charge in [-0.1, -0.05) is 6.92 Å². The van der Waals surface area contributed by atoms with E-state index in [0.29, 0.717) is 13.2 Å². The van der Waals surface area contributed by atoms with Crippen LogP contribution in [0.15, 0.2) is 0 Å². The lowest BCUT2D eigenvalue weighted by atomic mass is 10.0. The first-order chi connectivity index (χ1) is 6.69. The number of nitrogens with one attached hydrogen (secondary N) is 1. The summed E-state index contributed by atoms with van der Waals surface area (Å²) in [6.07, 6.45) is 0.851. The summed E-state index contributed by atoms with van der Waals surface area (Å²) >= 11 is 0. The first kappa shape index (κ1) is 11.5. The molecule has 1 N–H and O–H groups in total. The fourth-order valence-corrected chi connectivity index (χ4v) is 1.44. The van der Waals surface area contributed by atoms with E-state index < -0.39 is 0 Å². The molecule has 0 aliphatic carbocycles. The van der Waals surface area contributed by atoms with E-state index in [1.54, 1.807) is 0 Å². The van der Waals surface area contributed by atoms with Gasteiger partial charge in [-0.2, -0.15) is 0 Å². The number of hydrogen-bond acceptors (Lipinski definition) is 4. The van der Waals surface area contributed by atoms with Crippen LogP contribution in [0.5, 0.6) is 0 Å². The van der Waals surface area contributed by atoms with Crippen LogP contribution in [0.3, 0.4) is 0 Å². The van der Waals surface area contributed by atoms with Crippen molar-refractivity contribution in [3.8, 4) is 0 Å². The van der Waals surface area contributed by atoms with Crippen LogP contribution in [-0.4, -0.2) is 38.4 Å². The second-order valence-electron chi connectivity index (χ2n) is 3.69. The molecule has 14 heavy (non-hydrogen) atoms. The fourth-order valence-electron chi connectivity index (χ4n) is 1.44. The molecule has 1 heterocycles. The highest BCUT2D eigenvalue weighted by molar-refractivity contribution is 5.74. The average molecular weight is 201 g/mol. The number of hydrogen-bond donors (Lipinski definition) is 1. The average Bonchev–Trinajstić information content (AvgIpc) is 2.65. The predicted octanol–water partition coefficient (Wildman–Crippen LogP) is 0.562. The van der Waals surface area contributed by atoms with Gasteiger partial charge >= 0.3 is 5.97 Å². The molecule has 1 fully saturated rings. The Morgan fingerprint density at radius 3 is 2.93 bits per heavy atom. The van der Waals surface area contributed by atoms with Gasteiger partial charge < -0.3 is 14.8 Å². The Kier molecular flexibility index (Phi) is 4.35. The summed E-state index contributed by atoms with van der Waals surface area (Å²) in [5, 5.41) is 3.06. The SMILES string of the molecule is CCC(C)OC(=O)C1COCC1NC. The van der Waals surface area contributed by atoms with E-state index >= 15 is 0 Å². The molecule has 0 aromatic heterocycles. The molecule has 0 aromatic carbocycles. The summed E-state index contributed by atoms with van der Waals surface area (Å²) in [4.78, 5) is 11.6. The lowest BCUT2D eigenvalue weighted by molar-refractivity contribution is -0.153. The molecule has 0 amide bonds. The summed E-state index contributed by atoms with van der Waals surface area (Å²) in [7, 11) is 1.84. The van der Waals surface area contributed by atoms with Crippen LogP contribution in [0.25, 0.3) is 0 Å². The Morgan fingerprint density at radius 1 is 1.64 bits per heavy atom. The van der Waals surface area contributed by atoms with Gasteiger partial charge in [0.05, 0.1) is 25.2 Å². The molecule has 3 unspecified atom stereocenters. The first-order valence-corrected chi connectivity index (χ1v) is 5.14. The van der Waals surface area contributed by atoms with Gasteiger partial charge in [0.15, 0.2) is 0 Å². The van der Waals surface area contributed by atoms with Crippen molar-refractivity contribution < 1.29 is 14.3 Å². The van der Waals surface area contributed by atoms with E-state index in [9.17, 15) is 4.79 Å². The summed E-state index contributed by atoms with van der Waals surface area (Å²) < 4.78 is 10.5. The quantitative estimate of drug-likeness (QED) is 0.675. The molecule has 4 nitrogen and oxygen atoms in total. The van der Waals surface area contributed by atoms with E-state index in [1.165, 1.54) is 0 Å². The Morgan fingerprint density at radius 2 is 2.36 bits per heavy atom. The molecule has 82 valence electrons. The maximum atomic E-state index is 11.6. The zero-order valence-corrected chi connectivity index (χ0v) is 9.08. The van der Waals surface area contributed by atoms with E-state index in [-0.39, 0.29) is 24.0 Å². The topological polar surface area (TPSA) is 47.6 Å². The van der Waals surface area contributed by atoms with Gasteiger partial charge in [-0.15, -0.1) is 0 Å². The Bertz CT molecular complexity index is 196. The lowest BCUT2D eigenvalue weighted by Gasteiger charge is -2.18. The molecule has 1 rings (SSSR count). The minimum Gasteiger partial charge on any atom is -0.462 e.